The summed E-state index contributed by atoms with van der Waals surface area (Å²) in [5, 5.41) is 11.3. The molecule has 1 amide bonds. The van der Waals surface area contributed by atoms with Crippen molar-refractivity contribution >= 4 is 12.1 Å². The van der Waals surface area contributed by atoms with Crippen LogP contribution in [0, 0.1) is 12.7 Å². The molecular weight excluding hydrogens is 293 g/mol. The van der Waals surface area contributed by atoms with Crippen LogP contribution in [-0.4, -0.2) is 35.4 Å². The minimum absolute atomic E-state index is 0.305. The van der Waals surface area contributed by atoms with Gasteiger partial charge in [-0.2, -0.15) is 0 Å². The summed E-state index contributed by atoms with van der Waals surface area (Å²) in [7, 11) is 0. The zero-order valence-electron chi connectivity index (χ0n) is 13.0. The molecule has 0 saturated carbocycles. The number of hydrogen-bond acceptors (Lipinski definition) is 4. The molecule has 0 aliphatic carbocycles. The van der Waals surface area contributed by atoms with Gasteiger partial charge in [-0.15, -0.1) is 0 Å². The molecule has 0 bridgehead atoms. The molecule has 0 aliphatic heterocycles. The molecule has 0 spiro atoms. The highest BCUT2D eigenvalue weighted by Gasteiger charge is 2.24. The van der Waals surface area contributed by atoms with Crippen molar-refractivity contribution in [2.75, 3.05) is 6.61 Å². The predicted molar refractivity (Wildman–Crippen MR) is 77.4 cm³/mol. The minimum atomic E-state index is -1.28. The van der Waals surface area contributed by atoms with Crippen LogP contribution < -0.4 is 10.1 Å². The van der Waals surface area contributed by atoms with E-state index in [1.807, 2.05) is 0 Å². The predicted octanol–water partition coefficient (Wildman–Crippen LogP) is 2.49. The van der Waals surface area contributed by atoms with Crippen LogP contribution in [0.25, 0.3) is 0 Å². The van der Waals surface area contributed by atoms with Crippen LogP contribution in [0.15, 0.2) is 18.2 Å². The molecule has 1 atom stereocenters. The summed E-state index contributed by atoms with van der Waals surface area (Å²) < 4.78 is 23.3. The number of ether oxygens (including phenoxy) is 2. The first kappa shape index (κ1) is 17.7. The average molecular weight is 313 g/mol. The van der Waals surface area contributed by atoms with Gasteiger partial charge in [0, 0.05) is 0 Å². The third kappa shape index (κ3) is 5.99. The summed E-state index contributed by atoms with van der Waals surface area (Å²) in [5.74, 6) is -1.32. The van der Waals surface area contributed by atoms with Crippen molar-refractivity contribution in [3.05, 3.63) is 29.6 Å². The maximum absolute atomic E-state index is 13.0. The zero-order chi connectivity index (χ0) is 16.9. The molecule has 1 rings (SSSR count). The molecule has 0 heterocycles. The summed E-state index contributed by atoms with van der Waals surface area (Å²) in [6.07, 6.45) is -0.848. The fourth-order valence-corrected chi connectivity index (χ4v) is 1.57. The largest absolute Gasteiger partial charge is 0.491 e. The molecule has 2 N–H and O–H groups in total. The fourth-order valence-electron chi connectivity index (χ4n) is 1.57. The Morgan fingerprint density at radius 1 is 1.36 bits per heavy atom. The first-order valence-corrected chi connectivity index (χ1v) is 6.70. The highest BCUT2D eigenvalue weighted by molar-refractivity contribution is 5.80. The average Bonchev–Trinajstić information content (AvgIpc) is 2.33. The third-order valence-electron chi connectivity index (χ3n) is 2.53. The molecule has 0 fully saturated rings. The van der Waals surface area contributed by atoms with Gasteiger partial charge in [0.2, 0.25) is 0 Å². The number of carbonyl (C=O) groups excluding carboxylic acids is 1. The number of carboxylic acid groups (broad SMARTS) is 1. The number of hydrogen-bond donors (Lipinski definition) is 2. The summed E-state index contributed by atoms with van der Waals surface area (Å²) in [4.78, 5) is 22.7. The molecule has 1 unspecified atom stereocenters. The van der Waals surface area contributed by atoms with E-state index >= 15 is 0 Å². The van der Waals surface area contributed by atoms with E-state index in [4.69, 9.17) is 14.6 Å². The smallest absolute Gasteiger partial charge is 0.408 e. The van der Waals surface area contributed by atoms with Crippen molar-refractivity contribution in [3.8, 4) is 5.75 Å². The van der Waals surface area contributed by atoms with E-state index in [0.29, 0.717) is 11.3 Å². The summed E-state index contributed by atoms with van der Waals surface area (Å²) in [6.45, 7) is 6.33. The fraction of sp³-hybridized carbons (Fsp3) is 0.467. The molecule has 1 aromatic carbocycles. The van der Waals surface area contributed by atoms with Crippen LogP contribution in [0.3, 0.4) is 0 Å². The normalized spacial score (nSPS) is 12.4. The quantitative estimate of drug-likeness (QED) is 0.872. The lowest BCUT2D eigenvalue weighted by molar-refractivity contribution is -0.140. The van der Waals surface area contributed by atoms with Crippen molar-refractivity contribution < 1.29 is 28.6 Å². The number of benzene rings is 1. The van der Waals surface area contributed by atoms with Crippen molar-refractivity contribution in [2.24, 2.45) is 0 Å². The van der Waals surface area contributed by atoms with Crippen LogP contribution in [-0.2, 0) is 9.53 Å². The summed E-state index contributed by atoms with van der Waals surface area (Å²) in [5.41, 5.74) is -0.206. The third-order valence-corrected chi connectivity index (χ3v) is 2.53. The highest BCUT2D eigenvalue weighted by atomic mass is 19.1. The standard InChI is InChI=1S/C15H20FNO5/c1-9-7-10(16)5-6-12(9)21-8-11(13(18)19)17-14(20)22-15(2,3)4/h5-7,11H,8H2,1-4H3,(H,17,20)(H,18,19). The number of nitrogens with one attached hydrogen (secondary N) is 1. The number of amides is 1. The second kappa shape index (κ2) is 7.11. The number of halogens is 1. The van der Waals surface area contributed by atoms with Gasteiger partial charge in [0.05, 0.1) is 0 Å². The van der Waals surface area contributed by atoms with Crippen LogP contribution >= 0.6 is 0 Å². The van der Waals surface area contributed by atoms with Gasteiger partial charge >= 0.3 is 12.1 Å². The van der Waals surface area contributed by atoms with E-state index in [1.54, 1.807) is 27.7 Å². The van der Waals surface area contributed by atoms with Gasteiger partial charge in [-0.3, -0.25) is 0 Å². The van der Waals surface area contributed by atoms with Crippen LogP contribution in [0.4, 0.5) is 9.18 Å². The maximum atomic E-state index is 13.0. The van der Waals surface area contributed by atoms with E-state index < -0.39 is 29.5 Å². The second-order valence-corrected chi connectivity index (χ2v) is 5.76. The van der Waals surface area contributed by atoms with Crippen LogP contribution in [0.2, 0.25) is 0 Å². The Balaban J connectivity index is 2.65. The van der Waals surface area contributed by atoms with Crippen molar-refractivity contribution in [1.82, 2.24) is 5.32 Å². The van der Waals surface area contributed by atoms with E-state index in [1.165, 1.54) is 18.2 Å². The summed E-state index contributed by atoms with van der Waals surface area (Å²) >= 11 is 0. The molecule has 0 saturated heterocycles. The lowest BCUT2D eigenvalue weighted by Gasteiger charge is -2.22. The summed E-state index contributed by atoms with van der Waals surface area (Å²) in [6, 6.07) is 2.60. The Labute approximate surface area is 128 Å². The van der Waals surface area contributed by atoms with Crippen molar-refractivity contribution in [1.29, 1.82) is 0 Å². The SMILES string of the molecule is Cc1cc(F)ccc1OCC(NC(=O)OC(C)(C)C)C(=O)O. The molecule has 0 aromatic heterocycles. The molecule has 7 heteroatoms. The number of rotatable bonds is 5. The Kier molecular flexibility index (Phi) is 5.73. The number of carboxylic acids is 1. The molecule has 0 aliphatic rings. The van der Waals surface area contributed by atoms with E-state index in [-0.39, 0.29) is 6.61 Å². The van der Waals surface area contributed by atoms with Crippen molar-refractivity contribution in [2.45, 2.75) is 39.3 Å². The van der Waals surface area contributed by atoms with Gasteiger partial charge in [-0.1, -0.05) is 0 Å². The van der Waals surface area contributed by atoms with Gasteiger partial charge < -0.3 is 19.9 Å². The molecule has 1 aromatic rings. The van der Waals surface area contributed by atoms with E-state index in [2.05, 4.69) is 5.32 Å². The Morgan fingerprint density at radius 3 is 2.50 bits per heavy atom. The van der Waals surface area contributed by atoms with Gasteiger partial charge in [0.15, 0.2) is 6.04 Å². The molecular formula is C15H20FNO5. The lowest BCUT2D eigenvalue weighted by Crippen LogP contribution is -2.46. The zero-order valence-corrected chi connectivity index (χ0v) is 13.0. The van der Waals surface area contributed by atoms with Gasteiger partial charge in [-0.25, -0.2) is 14.0 Å². The maximum Gasteiger partial charge on any atom is 0.408 e. The van der Waals surface area contributed by atoms with Crippen LogP contribution in [0.1, 0.15) is 26.3 Å². The lowest BCUT2D eigenvalue weighted by atomic mass is 10.2. The van der Waals surface area contributed by atoms with Crippen molar-refractivity contribution in [3.63, 3.8) is 0 Å². The van der Waals surface area contributed by atoms with Gasteiger partial charge in [-0.05, 0) is 51.5 Å². The Bertz CT molecular complexity index is 553. The number of alkyl carbamates (subject to hydrolysis) is 1. The first-order valence-electron chi connectivity index (χ1n) is 6.70. The number of aliphatic carboxylic acids is 1. The molecule has 22 heavy (non-hydrogen) atoms. The molecule has 0 radical (unpaired) electrons. The topological polar surface area (TPSA) is 84.9 Å². The van der Waals surface area contributed by atoms with E-state index in [9.17, 15) is 14.0 Å². The second-order valence-electron chi connectivity index (χ2n) is 5.76. The van der Waals surface area contributed by atoms with Gasteiger partial charge in [0.25, 0.3) is 0 Å². The Morgan fingerprint density at radius 2 is 2.00 bits per heavy atom. The van der Waals surface area contributed by atoms with Crippen LogP contribution in [0.5, 0.6) is 5.75 Å². The Hall–Kier alpha value is -2.31. The van der Waals surface area contributed by atoms with E-state index in [0.717, 1.165) is 0 Å². The highest BCUT2D eigenvalue weighted by Crippen LogP contribution is 2.18. The molecule has 6 nitrogen and oxygen atoms in total. The number of aryl methyl sites for hydroxylation is 1. The first-order chi connectivity index (χ1) is 10.1. The van der Waals surface area contributed by atoms with Gasteiger partial charge in [0.1, 0.15) is 23.8 Å². The molecule has 122 valence electrons. The monoisotopic (exact) mass is 313 g/mol. The number of carbonyl (C=O) groups is 2. The minimum Gasteiger partial charge on any atom is -0.491 e.